The quantitative estimate of drug-likeness (QED) is 0.577. The average molecular weight is 358 g/mol. The molecule has 0 aliphatic rings. The van der Waals surface area contributed by atoms with E-state index in [-0.39, 0.29) is 10.9 Å². The second-order valence-corrected chi connectivity index (χ2v) is 8.35. The van der Waals surface area contributed by atoms with Gasteiger partial charge in [-0.3, -0.25) is 4.79 Å². The number of oxazole rings is 1. The summed E-state index contributed by atoms with van der Waals surface area (Å²) in [6, 6.07) is 4.47. The van der Waals surface area contributed by atoms with Crippen LogP contribution in [0.4, 0.5) is 0 Å². The van der Waals surface area contributed by atoms with Crippen LogP contribution in [0.2, 0.25) is 0 Å². The fourth-order valence-electron chi connectivity index (χ4n) is 1.77. The number of aromatic nitrogens is 1. The van der Waals surface area contributed by atoms with Crippen LogP contribution in [0.5, 0.6) is 0 Å². The number of fused-ring (bicyclic) bond motifs is 1. The molecule has 0 bridgehead atoms. The molecule has 1 heterocycles. The molecular weight excluding hydrogens is 340 g/mol. The van der Waals surface area contributed by atoms with Crippen LogP contribution in [0, 0.1) is 0 Å². The van der Waals surface area contributed by atoms with Crippen molar-refractivity contribution in [1.82, 2.24) is 9.29 Å². The molecule has 2 rings (SSSR count). The maximum Gasteiger partial charge on any atom is 0.319 e. The highest BCUT2D eigenvalue weighted by Crippen LogP contribution is 2.28. The van der Waals surface area contributed by atoms with Gasteiger partial charge in [-0.15, -0.1) is 0 Å². The number of carbonyl (C=O) groups is 1. The Morgan fingerprint density at radius 3 is 2.74 bits per heavy atom. The molecule has 0 spiro atoms. The van der Waals surface area contributed by atoms with Gasteiger partial charge < -0.3 is 9.15 Å². The molecule has 7 nitrogen and oxygen atoms in total. The Bertz CT molecular complexity index is 814. The summed E-state index contributed by atoms with van der Waals surface area (Å²) >= 11 is 1.12. The van der Waals surface area contributed by atoms with E-state index >= 15 is 0 Å². The lowest BCUT2D eigenvalue weighted by molar-refractivity contribution is -0.142. The van der Waals surface area contributed by atoms with Gasteiger partial charge in [0.25, 0.3) is 5.22 Å². The lowest BCUT2D eigenvalue weighted by Crippen LogP contribution is -2.22. The molecular formula is C14H18N2O5S2. The first-order valence-corrected chi connectivity index (χ1v) is 9.24. The van der Waals surface area contributed by atoms with Crippen LogP contribution in [-0.4, -0.2) is 49.6 Å². The molecule has 1 aromatic carbocycles. The number of thioether (sulfide) groups is 1. The topological polar surface area (TPSA) is 89.7 Å². The maximum absolute atomic E-state index is 12.1. The van der Waals surface area contributed by atoms with Crippen molar-refractivity contribution in [1.29, 1.82) is 0 Å². The number of hydrogen-bond donors (Lipinski definition) is 0. The molecule has 1 aromatic heterocycles. The summed E-state index contributed by atoms with van der Waals surface area (Å²) in [4.78, 5) is 16.0. The van der Waals surface area contributed by atoms with Crippen molar-refractivity contribution in [2.75, 3.05) is 20.7 Å². The van der Waals surface area contributed by atoms with Crippen molar-refractivity contribution in [3.8, 4) is 0 Å². The number of esters is 1. The van der Waals surface area contributed by atoms with E-state index in [0.717, 1.165) is 16.1 Å². The standard InChI is InChI=1S/C14H18N2O5S2/c1-5-20-13(17)9(2)22-14-15-11-8-10(6-7-12(11)21-14)23(18,19)16(3)4/h6-9H,5H2,1-4H3/t9-/m1/s1. The van der Waals surface area contributed by atoms with E-state index < -0.39 is 15.3 Å². The van der Waals surface area contributed by atoms with Crippen molar-refractivity contribution in [2.45, 2.75) is 29.2 Å². The Labute approximate surface area is 139 Å². The van der Waals surface area contributed by atoms with Crippen LogP contribution in [0.15, 0.2) is 32.7 Å². The fraction of sp³-hybridized carbons (Fsp3) is 0.429. The van der Waals surface area contributed by atoms with Crippen molar-refractivity contribution in [3.63, 3.8) is 0 Å². The Morgan fingerprint density at radius 1 is 1.43 bits per heavy atom. The molecule has 0 amide bonds. The first-order valence-electron chi connectivity index (χ1n) is 6.92. The summed E-state index contributed by atoms with van der Waals surface area (Å²) in [5, 5.41) is -0.173. The van der Waals surface area contributed by atoms with Gasteiger partial charge in [0, 0.05) is 14.1 Å². The number of ether oxygens (including phenoxy) is 1. The predicted molar refractivity (Wildman–Crippen MR) is 86.8 cm³/mol. The first kappa shape index (κ1) is 17.8. The van der Waals surface area contributed by atoms with Gasteiger partial charge >= 0.3 is 5.97 Å². The molecule has 0 unspecified atom stereocenters. The van der Waals surface area contributed by atoms with Gasteiger partial charge in [0.1, 0.15) is 10.8 Å². The Balaban J connectivity index is 2.28. The minimum atomic E-state index is -3.53. The fourth-order valence-corrected chi connectivity index (χ4v) is 3.44. The summed E-state index contributed by atoms with van der Waals surface area (Å²) < 4.78 is 35.8. The van der Waals surface area contributed by atoms with Crippen LogP contribution >= 0.6 is 11.8 Å². The van der Waals surface area contributed by atoms with Crippen LogP contribution in [0.3, 0.4) is 0 Å². The summed E-state index contributed by atoms with van der Waals surface area (Å²) in [7, 11) is -0.606. The van der Waals surface area contributed by atoms with Gasteiger partial charge in [0.05, 0.1) is 11.5 Å². The lowest BCUT2D eigenvalue weighted by Gasteiger charge is -2.10. The molecule has 0 saturated heterocycles. The Kier molecular flexibility index (Phi) is 5.33. The van der Waals surface area contributed by atoms with E-state index in [1.54, 1.807) is 19.9 Å². The molecule has 2 aromatic rings. The van der Waals surface area contributed by atoms with E-state index in [9.17, 15) is 13.2 Å². The molecule has 0 fully saturated rings. The van der Waals surface area contributed by atoms with Crippen LogP contribution < -0.4 is 0 Å². The van der Waals surface area contributed by atoms with Gasteiger partial charge in [0.2, 0.25) is 10.0 Å². The van der Waals surface area contributed by atoms with E-state index in [1.807, 2.05) is 0 Å². The van der Waals surface area contributed by atoms with Gasteiger partial charge in [-0.05, 0) is 32.0 Å². The minimum Gasteiger partial charge on any atom is -0.465 e. The Morgan fingerprint density at radius 2 is 2.13 bits per heavy atom. The van der Waals surface area contributed by atoms with Gasteiger partial charge in [-0.1, -0.05) is 11.8 Å². The van der Waals surface area contributed by atoms with Crippen LogP contribution in [0.1, 0.15) is 13.8 Å². The molecule has 0 aliphatic carbocycles. The predicted octanol–water partition coefficient (Wildman–Crippen LogP) is 2.12. The number of benzene rings is 1. The molecule has 1 atom stereocenters. The minimum absolute atomic E-state index is 0.137. The third kappa shape index (κ3) is 3.85. The smallest absolute Gasteiger partial charge is 0.319 e. The maximum atomic E-state index is 12.1. The molecule has 0 saturated carbocycles. The molecule has 0 N–H and O–H groups in total. The summed E-state index contributed by atoms with van der Waals surface area (Å²) in [6.45, 7) is 3.74. The average Bonchev–Trinajstić information content (AvgIpc) is 2.88. The molecule has 0 radical (unpaired) electrons. The zero-order valence-corrected chi connectivity index (χ0v) is 14.9. The Hall–Kier alpha value is -1.58. The van der Waals surface area contributed by atoms with Crippen molar-refractivity contribution >= 4 is 38.9 Å². The molecule has 23 heavy (non-hydrogen) atoms. The highest BCUT2D eigenvalue weighted by Gasteiger charge is 2.21. The van der Waals surface area contributed by atoms with E-state index in [4.69, 9.17) is 9.15 Å². The highest BCUT2D eigenvalue weighted by molar-refractivity contribution is 8.00. The van der Waals surface area contributed by atoms with E-state index in [2.05, 4.69) is 4.98 Å². The second-order valence-electron chi connectivity index (χ2n) is 4.91. The number of hydrogen-bond acceptors (Lipinski definition) is 7. The molecule has 126 valence electrons. The first-order chi connectivity index (χ1) is 10.8. The van der Waals surface area contributed by atoms with Crippen LogP contribution in [0.25, 0.3) is 11.1 Å². The molecule has 0 aliphatic heterocycles. The van der Waals surface area contributed by atoms with Gasteiger partial charge in [-0.2, -0.15) is 0 Å². The number of carbonyl (C=O) groups excluding carboxylic acids is 1. The van der Waals surface area contributed by atoms with Crippen molar-refractivity contribution in [3.05, 3.63) is 18.2 Å². The summed E-state index contributed by atoms with van der Waals surface area (Å²) in [6.07, 6.45) is 0. The monoisotopic (exact) mass is 358 g/mol. The SMILES string of the molecule is CCOC(=O)[C@@H](C)Sc1nc2cc(S(=O)(=O)N(C)C)ccc2o1. The third-order valence-corrected chi connectivity index (χ3v) is 5.75. The zero-order valence-electron chi connectivity index (χ0n) is 13.3. The lowest BCUT2D eigenvalue weighted by atomic mass is 10.3. The zero-order chi connectivity index (χ0) is 17.2. The van der Waals surface area contributed by atoms with Gasteiger partial charge in [-0.25, -0.2) is 17.7 Å². The van der Waals surface area contributed by atoms with Crippen molar-refractivity contribution < 1.29 is 22.4 Å². The second kappa shape index (κ2) is 6.90. The summed E-state index contributed by atoms with van der Waals surface area (Å²) in [5.41, 5.74) is 0.882. The highest BCUT2D eigenvalue weighted by atomic mass is 32.2. The summed E-state index contributed by atoms with van der Waals surface area (Å²) in [5.74, 6) is -0.351. The van der Waals surface area contributed by atoms with E-state index in [0.29, 0.717) is 22.9 Å². The molecule has 9 heteroatoms. The van der Waals surface area contributed by atoms with E-state index in [1.165, 1.54) is 26.2 Å². The van der Waals surface area contributed by atoms with Crippen LogP contribution in [-0.2, 0) is 19.6 Å². The van der Waals surface area contributed by atoms with Crippen molar-refractivity contribution in [2.24, 2.45) is 0 Å². The normalized spacial score (nSPS) is 13.4. The third-order valence-electron chi connectivity index (χ3n) is 3.01. The largest absolute Gasteiger partial charge is 0.465 e. The number of nitrogens with zero attached hydrogens (tertiary/aromatic N) is 2. The van der Waals surface area contributed by atoms with Gasteiger partial charge in [0.15, 0.2) is 5.58 Å². The number of sulfonamides is 1. The number of rotatable bonds is 6.